The summed E-state index contributed by atoms with van der Waals surface area (Å²) in [5.74, 6) is -0.653. The fraction of sp³-hybridized carbons (Fsp3) is 0.731. The van der Waals surface area contributed by atoms with Crippen molar-refractivity contribution < 1.29 is 24.4 Å². The van der Waals surface area contributed by atoms with Gasteiger partial charge in [-0.3, -0.25) is 4.79 Å². The molecule has 0 aromatic carbocycles. The summed E-state index contributed by atoms with van der Waals surface area (Å²) < 4.78 is 1.71. The van der Waals surface area contributed by atoms with Gasteiger partial charge in [0.05, 0.1) is 6.42 Å². The maximum atomic E-state index is 11.3. The van der Waals surface area contributed by atoms with E-state index in [1.807, 2.05) is 6.20 Å². The molecule has 0 unspecified atom stereocenters. The monoisotopic (exact) mass is 427 g/mol. The van der Waals surface area contributed by atoms with Gasteiger partial charge in [0.1, 0.15) is 5.97 Å². The summed E-state index contributed by atoms with van der Waals surface area (Å²) in [5.41, 5.74) is 4.13. The Bertz CT molecular complexity index is 907. The third-order valence-electron chi connectivity index (χ3n) is 9.34. The third kappa shape index (κ3) is 3.68. The van der Waals surface area contributed by atoms with Crippen molar-refractivity contribution in [2.75, 3.05) is 0 Å². The van der Waals surface area contributed by atoms with E-state index in [4.69, 9.17) is 0 Å². The number of carbonyl (C=O) groups is 2. The number of aromatic nitrogens is 1. The lowest BCUT2D eigenvalue weighted by Gasteiger charge is -2.64. The summed E-state index contributed by atoms with van der Waals surface area (Å²) in [6, 6.07) is 2.14. The first-order valence-electron chi connectivity index (χ1n) is 11.9. The molecule has 0 aliphatic heterocycles. The summed E-state index contributed by atoms with van der Waals surface area (Å²) in [6.45, 7) is 9.65. The molecule has 1 N–H and O–H groups in total. The Balaban J connectivity index is 1.77. The first-order valence-corrected chi connectivity index (χ1v) is 11.9. The smallest absolute Gasteiger partial charge is 0.303 e. The molecule has 5 heteroatoms. The van der Waals surface area contributed by atoms with Crippen LogP contribution < -0.4 is 9.67 Å². The number of pyridine rings is 1. The van der Waals surface area contributed by atoms with Crippen molar-refractivity contribution >= 4 is 11.9 Å². The van der Waals surface area contributed by atoms with Crippen LogP contribution >= 0.6 is 0 Å². The van der Waals surface area contributed by atoms with E-state index in [0.29, 0.717) is 23.2 Å². The number of carboxylic acid groups (broad SMARTS) is 2. The van der Waals surface area contributed by atoms with E-state index in [1.54, 1.807) is 4.57 Å². The summed E-state index contributed by atoms with van der Waals surface area (Å²) >= 11 is 0. The van der Waals surface area contributed by atoms with E-state index in [2.05, 4.69) is 33.8 Å². The lowest BCUT2D eigenvalue weighted by molar-refractivity contribution is -0.698. The Morgan fingerprint density at radius 2 is 1.87 bits per heavy atom. The summed E-state index contributed by atoms with van der Waals surface area (Å²) in [4.78, 5) is 22.5. The topological polar surface area (TPSA) is 81.3 Å². The molecule has 3 aliphatic rings. The van der Waals surface area contributed by atoms with Gasteiger partial charge in [0.15, 0.2) is 18.4 Å². The Morgan fingerprint density at radius 3 is 2.55 bits per heavy atom. The van der Waals surface area contributed by atoms with Crippen LogP contribution in [0.2, 0.25) is 0 Å². The van der Waals surface area contributed by atoms with Crippen molar-refractivity contribution in [2.24, 2.45) is 22.7 Å². The van der Waals surface area contributed by atoms with E-state index < -0.39 is 11.9 Å². The van der Waals surface area contributed by atoms with Gasteiger partial charge in [-0.2, -0.15) is 4.57 Å². The van der Waals surface area contributed by atoms with Crippen molar-refractivity contribution in [1.82, 2.24) is 0 Å². The standard InChI is InChI=1S/C26H37NO4/c1-24(2)11-5-12-26(4)20(24)10-13-25(3)19-14-18(7-9-22(28)29)27(16-23(30)31)15-17(19)6-8-21(25)26/h14-15,20-21H,5-13,16H2,1-4H3,(H-,28,29,30,31)/t20-,21-,25-,26-/m0/s1. The van der Waals surface area contributed by atoms with E-state index in [9.17, 15) is 19.8 Å². The number of hydrogen-bond acceptors (Lipinski definition) is 3. The molecular formula is C26H37NO4. The molecule has 0 bridgehead atoms. The van der Waals surface area contributed by atoms with Crippen molar-refractivity contribution in [1.29, 1.82) is 0 Å². The molecule has 0 amide bonds. The van der Waals surface area contributed by atoms with Crippen molar-refractivity contribution in [3.8, 4) is 0 Å². The Hall–Kier alpha value is -1.91. The van der Waals surface area contributed by atoms with Crippen LogP contribution in [0, 0.1) is 22.7 Å². The zero-order valence-electron chi connectivity index (χ0n) is 19.5. The highest BCUT2D eigenvalue weighted by atomic mass is 16.4. The van der Waals surface area contributed by atoms with E-state index in [1.165, 1.54) is 36.8 Å². The van der Waals surface area contributed by atoms with Crippen LogP contribution in [0.15, 0.2) is 12.3 Å². The average Bonchev–Trinajstić information content (AvgIpc) is 2.65. The molecule has 0 saturated heterocycles. The van der Waals surface area contributed by atoms with E-state index in [0.717, 1.165) is 30.9 Å². The summed E-state index contributed by atoms with van der Waals surface area (Å²) in [5, 5.41) is 20.5. The Morgan fingerprint density at radius 1 is 1.13 bits per heavy atom. The van der Waals surface area contributed by atoms with Gasteiger partial charge in [0, 0.05) is 18.1 Å². The molecule has 2 fully saturated rings. The minimum atomic E-state index is -1.14. The quantitative estimate of drug-likeness (QED) is 0.732. The van der Waals surface area contributed by atoms with Crippen LogP contribution in [0.25, 0.3) is 0 Å². The summed E-state index contributed by atoms with van der Waals surface area (Å²) in [6.07, 6.45) is 10.7. The Labute approximate surface area is 185 Å². The van der Waals surface area contributed by atoms with Gasteiger partial charge in [-0.15, -0.1) is 0 Å². The maximum Gasteiger partial charge on any atom is 0.303 e. The van der Waals surface area contributed by atoms with Crippen molar-refractivity contribution in [3.05, 3.63) is 29.1 Å². The minimum absolute atomic E-state index is 0.0000437. The van der Waals surface area contributed by atoms with Crippen LogP contribution in [-0.2, 0) is 34.4 Å². The molecule has 5 nitrogen and oxygen atoms in total. The SMILES string of the molecule is CC1(C)CCC[C@]2(C)[C@H]3CCc4c[n+](CC(=O)[O-])c(CCC(=O)O)cc4[C@]3(C)CC[C@@H]12. The van der Waals surface area contributed by atoms with Crippen LogP contribution in [0.3, 0.4) is 0 Å². The highest BCUT2D eigenvalue weighted by Gasteiger charge is 2.59. The van der Waals surface area contributed by atoms with Gasteiger partial charge < -0.3 is 15.0 Å². The predicted molar refractivity (Wildman–Crippen MR) is 115 cm³/mol. The number of nitrogens with zero attached hydrogens (tertiary/aromatic N) is 1. The molecule has 31 heavy (non-hydrogen) atoms. The molecule has 1 aromatic heterocycles. The first-order chi connectivity index (χ1) is 14.5. The molecule has 0 radical (unpaired) electrons. The van der Waals surface area contributed by atoms with Gasteiger partial charge in [-0.25, -0.2) is 0 Å². The number of carboxylic acids is 2. The second-order valence-electron chi connectivity index (χ2n) is 11.5. The number of aryl methyl sites for hydroxylation is 2. The minimum Gasteiger partial charge on any atom is -0.544 e. The van der Waals surface area contributed by atoms with Crippen LogP contribution in [0.5, 0.6) is 0 Å². The molecule has 170 valence electrons. The zero-order chi connectivity index (χ0) is 22.6. The molecular weight excluding hydrogens is 390 g/mol. The van der Waals surface area contributed by atoms with Gasteiger partial charge in [0.2, 0.25) is 0 Å². The largest absolute Gasteiger partial charge is 0.544 e. The molecule has 1 aromatic rings. The molecule has 3 aliphatic carbocycles. The van der Waals surface area contributed by atoms with E-state index >= 15 is 0 Å². The van der Waals surface area contributed by atoms with Gasteiger partial charge in [-0.05, 0) is 72.2 Å². The number of fused-ring (bicyclic) bond motifs is 5. The first kappa shape index (κ1) is 22.3. The number of hydrogen-bond donors (Lipinski definition) is 1. The van der Waals surface area contributed by atoms with Crippen LogP contribution in [-0.4, -0.2) is 17.0 Å². The van der Waals surface area contributed by atoms with Crippen molar-refractivity contribution in [3.63, 3.8) is 0 Å². The third-order valence-corrected chi connectivity index (χ3v) is 9.34. The molecule has 4 atom stereocenters. The molecule has 1 heterocycles. The van der Waals surface area contributed by atoms with Gasteiger partial charge >= 0.3 is 5.97 Å². The highest BCUT2D eigenvalue weighted by molar-refractivity contribution is 5.67. The molecule has 0 spiro atoms. The number of aliphatic carboxylic acids is 2. The fourth-order valence-corrected chi connectivity index (χ4v) is 8.07. The fourth-order valence-electron chi connectivity index (χ4n) is 8.07. The van der Waals surface area contributed by atoms with Crippen molar-refractivity contribution in [2.45, 2.75) is 97.4 Å². The highest BCUT2D eigenvalue weighted by Crippen LogP contribution is 2.66. The summed E-state index contributed by atoms with van der Waals surface area (Å²) in [7, 11) is 0. The normalized spacial score (nSPS) is 33.7. The number of carbonyl (C=O) groups excluding carboxylic acids is 1. The lowest BCUT2D eigenvalue weighted by Crippen LogP contribution is -2.58. The second-order valence-corrected chi connectivity index (χ2v) is 11.5. The number of rotatable bonds is 5. The van der Waals surface area contributed by atoms with Crippen LogP contribution in [0.1, 0.15) is 89.5 Å². The molecule has 2 saturated carbocycles. The molecule has 4 rings (SSSR count). The van der Waals surface area contributed by atoms with Crippen LogP contribution in [0.4, 0.5) is 0 Å². The predicted octanol–water partition coefficient (Wildman–Crippen LogP) is 3.19. The van der Waals surface area contributed by atoms with Gasteiger partial charge in [0.25, 0.3) is 0 Å². The second kappa shape index (κ2) is 7.60. The zero-order valence-corrected chi connectivity index (χ0v) is 19.5. The maximum absolute atomic E-state index is 11.3. The lowest BCUT2D eigenvalue weighted by atomic mass is 9.40. The Kier molecular flexibility index (Phi) is 5.46. The van der Waals surface area contributed by atoms with E-state index in [-0.39, 0.29) is 18.4 Å². The average molecular weight is 428 g/mol. The van der Waals surface area contributed by atoms with Gasteiger partial charge in [-0.1, -0.05) is 34.1 Å².